The first-order valence-corrected chi connectivity index (χ1v) is 5.33. The lowest BCUT2D eigenvalue weighted by Crippen LogP contribution is -2.09. The molecule has 1 aromatic carbocycles. The fourth-order valence-corrected chi connectivity index (χ4v) is 1.74. The van der Waals surface area contributed by atoms with Crippen molar-refractivity contribution in [2.45, 2.75) is 19.6 Å². The van der Waals surface area contributed by atoms with Crippen LogP contribution in [0.2, 0.25) is 0 Å². The van der Waals surface area contributed by atoms with Crippen molar-refractivity contribution in [2.24, 2.45) is 5.73 Å². The largest absolute Gasteiger partial charge is 0.416 e. The molecule has 0 fully saturated rings. The van der Waals surface area contributed by atoms with Crippen molar-refractivity contribution in [2.75, 3.05) is 0 Å². The highest BCUT2D eigenvalue weighted by molar-refractivity contribution is 5.45. The molecule has 3 nitrogen and oxygen atoms in total. The number of aryl methyl sites for hydroxylation is 1. The minimum atomic E-state index is -4.36. The van der Waals surface area contributed by atoms with Gasteiger partial charge in [-0.15, -0.1) is 0 Å². The first-order valence-electron chi connectivity index (χ1n) is 5.33. The van der Waals surface area contributed by atoms with Crippen molar-refractivity contribution in [3.8, 4) is 5.69 Å². The van der Waals surface area contributed by atoms with Gasteiger partial charge < -0.3 is 10.3 Å². The van der Waals surface area contributed by atoms with Gasteiger partial charge in [0.25, 0.3) is 0 Å². The van der Waals surface area contributed by atoms with Crippen LogP contribution in [-0.4, -0.2) is 9.55 Å². The average Bonchev–Trinajstić information content (AvgIpc) is 2.76. The smallest absolute Gasteiger partial charge is 0.325 e. The summed E-state index contributed by atoms with van der Waals surface area (Å²) in [5.41, 5.74) is 6.69. The van der Waals surface area contributed by atoms with Gasteiger partial charge in [-0.1, -0.05) is 6.07 Å². The zero-order valence-corrected chi connectivity index (χ0v) is 9.70. The molecule has 2 N–H and O–H groups in total. The highest BCUT2D eigenvalue weighted by Gasteiger charge is 2.31. The Balaban J connectivity index is 2.57. The second-order valence-corrected chi connectivity index (χ2v) is 3.96. The van der Waals surface area contributed by atoms with Crippen LogP contribution < -0.4 is 5.73 Å². The van der Waals surface area contributed by atoms with E-state index >= 15 is 0 Å². The fourth-order valence-electron chi connectivity index (χ4n) is 1.74. The Labute approximate surface area is 102 Å². The first kappa shape index (κ1) is 12.6. The Hall–Kier alpha value is -1.82. The van der Waals surface area contributed by atoms with Gasteiger partial charge in [0.1, 0.15) is 0 Å². The Morgan fingerprint density at radius 1 is 1.33 bits per heavy atom. The third kappa shape index (κ3) is 2.24. The minimum absolute atomic E-state index is 0.218. The molecule has 0 bridgehead atoms. The molecular formula is C12H12F3N3. The summed E-state index contributed by atoms with van der Waals surface area (Å²) in [4.78, 5) is 3.90. The van der Waals surface area contributed by atoms with Crippen LogP contribution in [0, 0.1) is 6.92 Å². The fraction of sp³-hybridized carbons (Fsp3) is 0.250. The molecule has 1 aromatic heterocycles. The molecule has 0 aliphatic heterocycles. The second kappa shape index (κ2) is 4.45. The van der Waals surface area contributed by atoms with Crippen LogP contribution in [0.3, 0.4) is 0 Å². The van der Waals surface area contributed by atoms with Crippen LogP contribution in [0.25, 0.3) is 5.69 Å². The normalized spacial score (nSPS) is 11.8. The van der Waals surface area contributed by atoms with Crippen LogP contribution in [0.15, 0.2) is 30.7 Å². The topological polar surface area (TPSA) is 43.8 Å². The molecule has 6 heteroatoms. The maximum atomic E-state index is 12.7. The van der Waals surface area contributed by atoms with Crippen molar-refractivity contribution < 1.29 is 13.2 Å². The molecule has 0 spiro atoms. The molecule has 0 amide bonds. The minimum Gasteiger partial charge on any atom is -0.325 e. The van der Waals surface area contributed by atoms with Crippen LogP contribution >= 0.6 is 0 Å². The summed E-state index contributed by atoms with van der Waals surface area (Å²) in [7, 11) is 0. The van der Waals surface area contributed by atoms with E-state index in [-0.39, 0.29) is 6.54 Å². The lowest BCUT2D eigenvalue weighted by molar-refractivity contribution is -0.137. The number of halogens is 3. The Kier molecular flexibility index (Phi) is 3.13. The molecule has 0 radical (unpaired) electrons. The molecule has 2 rings (SSSR count). The number of rotatable bonds is 2. The highest BCUT2D eigenvalue weighted by atomic mass is 19.4. The number of benzene rings is 1. The van der Waals surface area contributed by atoms with Gasteiger partial charge in [-0.05, 0) is 24.6 Å². The molecule has 0 atom stereocenters. The van der Waals surface area contributed by atoms with Crippen LogP contribution in [0.5, 0.6) is 0 Å². The van der Waals surface area contributed by atoms with E-state index in [1.165, 1.54) is 12.4 Å². The van der Waals surface area contributed by atoms with Crippen molar-refractivity contribution >= 4 is 0 Å². The third-order valence-corrected chi connectivity index (χ3v) is 2.72. The molecule has 0 aliphatic carbocycles. The number of nitrogens with zero attached hydrogens (tertiary/aromatic N) is 2. The van der Waals surface area contributed by atoms with E-state index in [4.69, 9.17) is 5.73 Å². The zero-order chi connectivity index (χ0) is 13.3. The highest BCUT2D eigenvalue weighted by Crippen LogP contribution is 2.31. The molecule has 1 heterocycles. The maximum absolute atomic E-state index is 12.7. The van der Waals surface area contributed by atoms with Gasteiger partial charge in [-0.25, -0.2) is 4.98 Å². The van der Waals surface area contributed by atoms with E-state index in [9.17, 15) is 13.2 Å². The van der Waals surface area contributed by atoms with E-state index in [1.54, 1.807) is 17.7 Å². The lowest BCUT2D eigenvalue weighted by Gasteiger charge is -2.13. The Morgan fingerprint density at radius 3 is 2.67 bits per heavy atom. The van der Waals surface area contributed by atoms with Crippen molar-refractivity contribution in [1.29, 1.82) is 0 Å². The summed E-state index contributed by atoms with van der Waals surface area (Å²) >= 11 is 0. The van der Waals surface area contributed by atoms with Crippen molar-refractivity contribution in [3.05, 3.63) is 47.5 Å². The molecule has 0 unspecified atom stereocenters. The standard InChI is InChI=1S/C12H12F3N3/c1-8-2-3-9(12(13,14)15)4-11(8)18-7-17-6-10(18)5-16/h2-4,6-7H,5,16H2,1H3. The van der Waals surface area contributed by atoms with Gasteiger partial charge in [0, 0.05) is 12.7 Å². The summed E-state index contributed by atoms with van der Waals surface area (Å²) in [5.74, 6) is 0. The van der Waals surface area contributed by atoms with Crippen LogP contribution in [-0.2, 0) is 12.7 Å². The van der Waals surface area contributed by atoms with E-state index in [1.807, 2.05) is 0 Å². The van der Waals surface area contributed by atoms with Gasteiger partial charge in [-0.3, -0.25) is 0 Å². The number of hydrogen-bond acceptors (Lipinski definition) is 2. The summed E-state index contributed by atoms with van der Waals surface area (Å²) < 4.78 is 39.6. The number of hydrogen-bond donors (Lipinski definition) is 1. The monoisotopic (exact) mass is 255 g/mol. The van der Waals surface area contributed by atoms with Crippen LogP contribution in [0.1, 0.15) is 16.8 Å². The first-order chi connectivity index (χ1) is 8.43. The summed E-state index contributed by atoms with van der Waals surface area (Å²) in [6, 6.07) is 3.62. The van der Waals surface area contributed by atoms with Gasteiger partial charge in [0.2, 0.25) is 0 Å². The Morgan fingerprint density at radius 2 is 2.06 bits per heavy atom. The van der Waals surface area contributed by atoms with Gasteiger partial charge in [0.15, 0.2) is 0 Å². The number of alkyl halides is 3. The van der Waals surface area contributed by atoms with Crippen molar-refractivity contribution in [1.82, 2.24) is 9.55 Å². The van der Waals surface area contributed by atoms with Crippen LogP contribution in [0.4, 0.5) is 13.2 Å². The molecule has 2 aromatic rings. The van der Waals surface area contributed by atoms with Gasteiger partial charge >= 0.3 is 6.18 Å². The molecule has 0 aliphatic rings. The number of nitrogens with two attached hydrogens (primary N) is 1. The van der Waals surface area contributed by atoms with Crippen molar-refractivity contribution in [3.63, 3.8) is 0 Å². The summed E-state index contributed by atoms with van der Waals surface area (Å²) in [5, 5.41) is 0. The van der Waals surface area contributed by atoms with E-state index in [2.05, 4.69) is 4.98 Å². The van der Waals surface area contributed by atoms with E-state index < -0.39 is 11.7 Å². The predicted molar refractivity (Wildman–Crippen MR) is 61.2 cm³/mol. The lowest BCUT2D eigenvalue weighted by atomic mass is 10.1. The molecular weight excluding hydrogens is 243 g/mol. The van der Waals surface area contributed by atoms with E-state index in [0.717, 1.165) is 17.7 Å². The summed E-state index contributed by atoms with van der Waals surface area (Å²) in [6.45, 7) is 1.96. The number of imidazole rings is 1. The van der Waals surface area contributed by atoms with E-state index in [0.29, 0.717) is 11.4 Å². The maximum Gasteiger partial charge on any atom is 0.416 e. The number of aromatic nitrogens is 2. The average molecular weight is 255 g/mol. The Bertz CT molecular complexity index is 558. The molecule has 96 valence electrons. The molecule has 18 heavy (non-hydrogen) atoms. The molecule has 0 saturated heterocycles. The third-order valence-electron chi connectivity index (χ3n) is 2.72. The van der Waals surface area contributed by atoms with Gasteiger partial charge in [0.05, 0.1) is 23.3 Å². The quantitative estimate of drug-likeness (QED) is 0.896. The zero-order valence-electron chi connectivity index (χ0n) is 9.70. The SMILES string of the molecule is Cc1ccc(C(F)(F)F)cc1-n1cncc1CN. The second-order valence-electron chi connectivity index (χ2n) is 3.96. The van der Waals surface area contributed by atoms with Gasteiger partial charge in [-0.2, -0.15) is 13.2 Å². The predicted octanol–water partition coefficient (Wildman–Crippen LogP) is 2.66. The summed E-state index contributed by atoms with van der Waals surface area (Å²) in [6.07, 6.45) is -1.35. The molecule has 0 saturated carbocycles.